The van der Waals surface area contributed by atoms with Gasteiger partial charge >= 0.3 is 0 Å². The Balaban J connectivity index is 3.70. The first-order chi connectivity index (χ1) is 7.11. The Hall–Kier alpha value is -0.610. The molecule has 0 radical (unpaired) electrons. The molecule has 4 heteroatoms. The molecule has 4 N–H and O–H groups in total. The van der Waals surface area contributed by atoms with Crippen molar-refractivity contribution < 1.29 is 9.90 Å². The van der Waals surface area contributed by atoms with Gasteiger partial charge in [-0.15, -0.1) is 0 Å². The Kier molecular flexibility index (Phi) is 8.33. The molecule has 0 bridgehead atoms. The summed E-state index contributed by atoms with van der Waals surface area (Å²) < 4.78 is 0. The van der Waals surface area contributed by atoms with Gasteiger partial charge in [-0.2, -0.15) is 0 Å². The van der Waals surface area contributed by atoms with Crippen molar-refractivity contribution >= 4 is 5.91 Å². The molecule has 1 amide bonds. The summed E-state index contributed by atoms with van der Waals surface area (Å²) in [6, 6.07) is -0.293. The number of rotatable bonds is 8. The topological polar surface area (TPSA) is 75.4 Å². The first-order valence-corrected chi connectivity index (χ1v) is 5.78. The lowest BCUT2D eigenvalue weighted by Gasteiger charge is -2.16. The number of nitrogens with one attached hydrogen (secondary N) is 1. The van der Waals surface area contributed by atoms with Gasteiger partial charge in [0.2, 0.25) is 5.91 Å². The second-order valence-corrected chi connectivity index (χ2v) is 4.02. The zero-order chi connectivity index (χ0) is 11.7. The van der Waals surface area contributed by atoms with Crippen LogP contribution in [0.15, 0.2) is 0 Å². The van der Waals surface area contributed by atoms with Gasteiger partial charge in [0, 0.05) is 12.6 Å². The van der Waals surface area contributed by atoms with E-state index in [1.165, 1.54) is 0 Å². The zero-order valence-corrected chi connectivity index (χ0v) is 9.83. The second-order valence-electron chi connectivity index (χ2n) is 4.02. The monoisotopic (exact) mass is 216 g/mol. The van der Waals surface area contributed by atoms with E-state index in [1.54, 1.807) is 0 Å². The number of carbonyl (C=O) groups is 1. The highest BCUT2D eigenvalue weighted by Gasteiger charge is 2.14. The van der Waals surface area contributed by atoms with Crippen molar-refractivity contribution in [1.82, 2.24) is 5.32 Å². The van der Waals surface area contributed by atoms with Gasteiger partial charge in [-0.3, -0.25) is 4.79 Å². The minimum Gasteiger partial charge on any atom is -0.396 e. The molecule has 90 valence electrons. The van der Waals surface area contributed by atoms with E-state index in [2.05, 4.69) is 12.2 Å². The van der Waals surface area contributed by atoms with Crippen LogP contribution < -0.4 is 11.1 Å². The predicted octanol–water partition coefficient (Wildman–Crippen LogP) is 0.781. The van der Waals surface area contributed by atoms with Gasteiger partial charge in [0.05, 0.1) is 6.04 Å². The van der Waals surface area contributed by atoms with E-state index in [0.717, 1.165) is 25.7 Å². The van der Waals surface area contributed by atoms with Crippen molar-refractivity contribution in [2.75, 3.05) is 6.61 Å². The van der Waals surface area contributed by atoms with Crippen LogP contribution in [-0.4, -0.2) is 29.7 Å². The highest BCUT2D eigenvalue weighted by molar-refractivity contribution is 5.81. The zero-order valence-electron chi connectivity index (χ0n) is 9.83. The maximum atomic E-state index is 11.5. The normalized spacial score (nSPS) is 14.7. The number of hydrogen-bond acceptors (Lipinski definition) is 3. The molecule has 0 aliphatic rings. The Bertz CT molecular complexity index is 174. The Morgan fingerprint density at radius 1 is 1.40 bits per heavy atom. The summed E-state index contributed by atoms with van der Waals surface area (Å²) in [4.78, 5) is 11.5. The van der Waals surface area contributed by atoms with Crippen molar-refractivity contribution in [2.45, 2.75) is 58.0 Å². The average Bonchev–Trinajstić information content (AvgIpc) is 2.22. The molecule has 0 spiro atoms. The predicted molar refractivity (Wildman–Crippen MR) is 61.4 cm³/mol. The molecule has 0 aromatic rings. The molecule has 0 saturated carbocycles. The van der Waals surface area contributed by atoms with Gasteiger partial charge < -0.3 is 16.2 Å². The van der Waals surface area contributed by atoms with E-state index in [4.69, 9.17) is 10.8 Å². The largest absolute Gasteiger partial charge is 0.396 e. The van der Waals surface area contributed by atoms with Crippen LogP contribution in [0.2, 0.25) is 0 Å². The van der Waals surface area contributed by atoms with E-state index in [-0.39, 0.29) is 24.6 Å². The number of carbonyl (C=O) groups excluding carboxylic acids is 1. The van der Waals surface area contributed by atoms with Crippen LogP contribution in [0.4, 0.5) is 0 Å². The van der Waals surface area contributed by atoms with Gasteiger partial charge in [0.1, 0.15) is 0 Å². The number of aliphatic hydroxyl groups is 1. The lowest BCUT2D eigenvalue weighted by Crippen LogP contribution is -2.44. The summed E-state index contributed by atoms with van der Waals surface area (Å²) in [6.07, 6.45) is 4.30. The number of hydrogen-bond donors (Lipinski definition) is 3. The molecular weight excluding hydrogens is 192 g/mol. The summed E-state index contributed by atoms with van der Waals surface area (Å²) in [5.74, 6) is -0.0751. The van der Waals surface area contributed by atoms with E-state index in [0.29, 0.717) is 6.42 Å². The Labute approximate surface area is 92.2 Å². The highest BCUT2D eigenvalue weighted by Crippen LogP contribution is 2.00. The van der Waals surface area contributed by atoms with Crippen molar-refractivity contribution in [2.24, 2.45) is 5.73 Å². The molecule has 0 heterocycles. The fourth-order valence-corrected chi connectivity index (χ4v) is 1.37. The van der Waals surface area contributed by atoms with E-state index < -0.39 is 0 Å². The van der Waals surface area contributed by atoms with Crippen LogP contribution in [0.3, 0.4) is 0 Å². The first kappa shape index (κ1) is 14.4. The molecule has 4 nitrogen and oxygen atoms in total. The third-order valence-electron chi connectivity index (χ3n) is 2.39. The molecule has 0 rings (SSSR count). The number of unbranched alkanes of at least 4 members (excludes halogenated alkanes) is 1. The molecular formula is C11H24N2O2. The van der Waals surface area contributed by atoms with Crippen LogP contribution in [0, 0.1) is 0 Å². The van der Waals surface area contributed by atoms with Crippen LogP contribution in [-0.2, 0) is 4.79 Å². The number of amides is 1. The van der Waals surface area contributed by atoms with Crippen LogP contribution in [0.1, 0.15) is 46.0 Å². The lowest BCUT2D eigenvalue weighted by molar-refractivity contribution is -0.123. The fraction of sp³-hybridized carbons (Fsp3) is 0.909. The number of nitrogens with two attached hydrogens (primary N) is 1. The summed E-state index contributed by atoms with van der Waals surface area (Å²) >= 11 is 0. The average molecular weight is 216 g/mol. The minimum atomic E-state index is -0.387. The lowest BCUT2D eigenvalue weighted by atomic mass is 10.1. The maximum absolute atomic E-state index is 11.5. The van der Waals surface area contributed by atoms with Crippen LogP contribution in [0.25, 0.3) is 0 Å². The smallest absolute Gasteiger partial charge is 0.237 e. The molecule has 2 atom stereocenters. The highest BCUT2D eigenvalue weighted by atomic mass is 16.2. The SMILES string of the molecule is CCCCC(N)C(=O)NC(C)CCCO. The number of aliphatic hydroxyl groups excluding tert-OH is 1. The molecule has 0 aromatic heterocycles. The van der Waals surface area contributed by atoms with E-state index in [1.807, 2.05) is 6.92 Å². The molecule has 0 fully saturated rings. The molecule has 0 aliphatic carbocycles. The van der Waals surface area contributed by atoms with Crippen molar-refractivity contribution in [1.29, 1.82) is 0 Å². The summed E-state index contributed by atoms with van der Waals surface area (Å²) in [7, 11) is 0. The first-order valence-electron chi connectivity index (χ1n) is 5.78. The minimum absolute atomic E-state index is 0.0751. The Morgan fingerprint density at radius 3 is 2.60 bits per heavy atom. The van der Waals surface area contributed by atoms with Crippen molar-refractivity contribution in [3.8, 4) is 0 Å². The third-order valence-corrected chi connectivity index (χ3v) is 2.39. The van der Waals surface area contributed by atoms with Gasteiger partial charge in [-0.05, 0) is 26.2 Å². The summed E-state index contributed by atoms with van der Waals surface area (Å²) in [5, 5.41) is 11.5. The maximum Gasteiger partial charge on any atom is 0.237 e. The Morgan fingerprint density at radius 2 is 2.07 bits per heavy atom. The standard InChI is InChI=1S/C11H24N2O2/c1-3-4-7-10(12)11(15)13-9(2)6-5-8-14/h9-10,14H,3-8,12H2,1-2H3,(H,13,15). The summed E-state index contributed by atoms with van der Waals surface area (Å²) in [6.45, 7) is 4.18. The molecule has 2 unspecified atom stereocenters. The fourth-order valence-electron chi connectivity index (χ4n) is 1.37. The van der Waals surface area contributed by atoms with Crippen LogP contribution >= 0.6 is 0 Å². The third kappa shape index (κ3) is 7.33. The molecule has 0 aliphatic heterocycles. The van der Waals surface area contributed by atoms with Crippen LogP contribution in [0.5, 0.6) is 0 Å². The van der Waals surface area contributed by atoms with Gasteiger partial charge in [-0.1, -0.05) is 19.8 Å². The van der Waals surface area contributed by atoms with E-state index >= 15 is 0 Å². The van der Waals surface area contributed by atoms with Crippen molar-refractivity contribution in [3.63, 3.8) is 0 Å². The molecule has 0 saturated heterocycles. The van der Waals surface area contributed by atoms with Gasteiger partial charge in [0.25, 0.3) is 0 Å². The van der Waals surface area contributed by atoms with Crippen molar-refractivity contribution in [3.05, 3.63) is 0 Å². The molecule has 0 aromatic carbocycles. The van der Waals surface area contributed by atoms with Gasteiger partial charge in [0.15, 0.2) is 0 Å². The molecule has 15 heavy (non-hydrogen) atoms. The summed E-state index contributed by atoms with van der Waals surface area (Å²) in [5.41, 5.74) is 5.72. The quantitative estimate of drug-likeness (QED) is 0.561. The van der Waals surface area contributed by atoms with Gasteiger partial charge in [-0.25, -0.2) is 0 Å². The van der Waals surface area contributed by atoms with E-state index in [9.17, 15) is 4.79 Å². The second kappa shape index (κ2) is 8.68.